The topological polar surface area (TPSA) is 196 Å². The van der Waals surface area contributed by atoms with Crippen LogP contribution in [0.15, 0.2) is 36.7 Å². The number of aromatic nitrogens is 4. The predicted molar refractivity (Wildman–Crippen MR) is 130 cm³/mol. The molecule has 0 saturated carbocycles. The Hall–Kier alpha value is -3.36. The van der Waals surface area contributed by atoms with Crippen LogP contribution in [0.4, 0.5) is 16.2 Å². The Bertz CT molecular complexity index is 1330. The first-order valence-electron chi connectivity index (χ1n) is 11.1. The molecular formula is C21H27FN7O7P. The van der Waals surface area contributed by atoms with E-state index in [0.29, 0.717) is 11.3 Å². The van der Waals surface area contributed by atoms with Gasteiger partial charge in [-0.25, -0.2) is 13.9 Å². The summed E-state index contributed by atoms with van der Waals surface area (Å²) in [6.07, 6.45) is -3.20. The van der Waals surface area contributed by atoms with Gasteiger partial charge >= 0.3 is 13.7 Å². The van der Waals surface area contributed by atoms with Gasteiger partial charge in [-0.2, -0.15) is 15.1 Å². The number of carboxylic acid groups (broad SMARTS) is 1. The summed E-state index contributed by atoms with van der Waals surface area (Å²) >= 11 is 0. The number of hydrogen-bond donors (Lipinski definition) is 5. The van der Waals surface area contributed by atoms with Crippen molar-refractivity contribution in [2.45, 2.75) is 44.0 Å². The van der Waals surface area contributed by atoms with E-state index in [-0.39, 0.29) is 17.3 Å². The largest absolute Gasteiger partial charge is 0.480 e. The fourth-order valence-corrected chi connectivity index (χ4v) is 5.31. The molecular weight excluding hydrogens is 512 g/mol. The SMILES string of the molecule is CNc1nc(N)nc2c1ncn2[C@@H]1O[C@H](CO[P@](=O)(N[C@@H](C)C(=O)O)Oc2ccccc2)[C@@H](O)[C@@]1(C)F. The average molecular weight is 539 g/mol. The summed E-state index contributed by atoms with van der Waals surface area (Å²) in [5.41, 5.74) is 3.87. The average Bonchev–Trinajstić information content (AvgIpc) is 3.35. The van der Waals surface area contributed by atoms with Gasteiger partial charge in [0, 0.05) is 7.05 Å². The van der Waals surface area contributed by atoms with Crippen molar-refractivity contribution in [3.05, 3.63) is 36.7 Å². The summed E-state index contributed by atoms with van der Waals surface area (Å²) in [5.74, 6) is -0.934. The quantitative estimate of drug-likeness (QED) is 0.234. The lowest BCUT2D eigenvalue weighted by molar-refractivity contribution is -0.138. The van der Waals surface area contributed by atoms with E-state index < -0.39 is 50.5 Å². The van der Waals surface area contributed by atoms with E-state index in [4.69, 9.17) is 19.5 Å². The zero-order valence-corrected chi connectivity index (χ0v) is 21.0. The fraction of sp³-hybridized carbons (Fsp3) is 0.429. The number of aliphatic hydroxyl groups excluding tert-OH is 1. The molecule has 6 atom stereocenters. The Morgan fingerprint density at radius 3 is 2.73 bits per heavy atom. The Balaban J connectivity index is 1.58. The lowest BCUT2D eigenvalue weighted by Gasteiger charge is -2.25. The maximum absolute atomic E-state index is 15.8. The Kier molecular flexibility index (Phi) is 7.35. The molecule has 16 heteroatoms. The van der Waals surface area contributed by atoms with Gasteiger partial charge in [0.2, 0.25) is 5.95 Å². The molecule has 1 fully saturated rings. The number of para-hydroxylation sites is 1. The van der Waals surface area contributed by atoms with Gasteiger partial charge in [0.25, 0.3) is 0 Å². The number of nitrogens with two attached hydrogens (primary N) is 1. The number of carbonyl (C=O) groups is 1. The summed E-state index contributed by atoms with van der Waals surface area (Å²) in [4.78, 5) is 23.7. The summed E-state index contributed by atoms with van der Waals surface area (Å²) in [6, 6.07) is 6.62. The highest BCUT2D eigenvalue weighted by Gasteiger charge is 2.56. The number of aliphatic carboxylic acids is 1. The summed E-state index contributed by atoms with van der Waals surface area (Å²) in [7, 11) is -2.71. The summed E-state index contributed by atoms with van der Waals surface area (Å²) < 4.78 is 47.2. The third-order valence-corrected chi connectivity index (χ3v) is 7.39. The van der Waals surface area contributed by atoms with E-state index in [1.807, 2.05) is 0 Å². The van der Waals surface area contributed by atoms with Crippen molar-refractivity contribution in [2.24, 2.45) is 0 Å². The molecule has 6 N–H and O–H groups in total. The minimum absolute atomic E-state index is 0.0878. The minimum atomic E-state index is -4.32. The lowest BCUT2D eigenvalue weighted by Crippen LogP contribution is -2.41. The molecule has 14 nitrogen and oxygen atoms in total. The first-order chi connectivity index (χ1) is 17.4. The third-order valence-electron chi connectivity index (χ3n) is 5.74. The highest BCUT2D eigenvalue weighted by atomic mass is 31.2. The molecule has 0 spiro atoms. The Morgan fingerprint density at radius 2 is 2.08 bits per heavy atom. The number of nitrogen functional groups attached to an aromatic ring is 1. The maximum atomic E-state index is 15.8. The highest BCUT2D eigenvalue weighted by molar-refractivity contribution is 7.52. The van der Waals surface area contributed by atoms with Crippen molar-refractivity contribution in [2.75, 3.05) is 24.7 Å². The molecule has 1 aromatic carbocycles. The van der Waals surface area contributed by atoms with Crippen LogP contribution in [-0.4, -0.2) is 73.3 Å². The van der Waals surface area contributed by atoms with Crippen LogP contribution >= 0.6 is 7.75 Å². The predicted octanol–water partition coefficient (Wildman–Crippen LogP) is 1.70. The number of benzene rings is 1. The lowest BCUT2D eigenvalue weighted by atomic mass is 9.98. The van der Waals surface area contributed by atoms with Crippen LogP contribution < -0.4 is 20.7 Å². The number of nitrogens with one attached hydrogen (secondary N) is 2. The first kappa shape index (κ1) is 26.7. The van der Waals surface area contributed by atoms with Crippen LogP contribution in [0.5, 0.6) is 5.75 Å². The molecule has 200 valence electrons. The van der Waals surface area contributed by atoms with E-state index in [1.54, 1.807) is 25.2 Å². The standard InChI is InChI=1S/C21H27FN7O7P/c1-11(18(31)32)28-37(33,36-12-7-5-4-6-8-12)34-9-13-15(30)21(2,22)19(35-13)29-10-25-14-16(24-3)26-20(23)27-17(14)29/h4-8,10-11,13,15,19,30H,9H2,1-3H3,(H,28,33)(H,31,32)(H3,23,24,26,27)/t11-,13+,15+,19+,21+,37+/m0/s1. The number of anilines is 2. The number of hydrogen-bond acceptors (Lipinski definition) is 11. The minimum Gasteiger partial charge on any atom is -0.480 e. The summed E-state index contributed by atoms with van der Waals surface area (Å²) in [6.45, 7) is 1.77. The molecule has 2 aromatic heterocycles. The van der Waals surface area contributed by atoms with E-state index in [9.17, 15) is 19.6 Å². The summed E-state index contributed by atoms with van der Waals surface area (Å²) in [5, 5.41) is 25.1. The number of alkyl halides is 1. The van der Waals surface area contributed by atoms with Crippen LogP contribution in [0.25, 0.3) is 11.2 Å². The molecule has 0 radical (unpaired) electrons. The van der Waals surface area contributed by atoms with Crippen LogP contribution in [-0.2, 0) is 18.6 Å². The number of nitrogens with zero attached hydrogens (tertiary/aromatic N) is 4. The Labute approximate surface area is 210 Å². The third kappa shape index (κ3) is 5.36. The van der Waals surface area contributed by atoms with Gasteiger partial charge in [-0.3, -0.25) is 13.9 Å². The van der Waals surface area contributed by atoms with Gasteiger partial charge in [0.05, 0.1) is 12.9 Å². The van der Waals surface area contributed by atoms with Crippen LogP contribution in [0.1, 0.15) is 20.1 Å². The molecule has 3 heterocycles. The van der Waals surface area contributed by atoms with Gasteiger partial charge < -0.3 is 30.5 Å². The van der Waals surface area contributed by atoms with Crippen LogP contribution in [0.3, 0.4) is 0 Å². The molecule has 0 aliphatic carbocycles. The van der Waals surface area contributed by atoms with Crippen molar-refractivity contribution in [1.82, 2.24) is 24.6 Å². The van der Waals surface area contributed by atoms with Crippen LogP contribution in [0.2, 0.25) is 0 Å². The number of rotatable bonds is 10. The second-order valence-corrected chi connectivity index (χ2v) is 10.2. The molecule has 0 amide bonds. The van der Waals surface area contributed by atoms with Gasteiger partial charge in [-0.15, -0.1) is 0 Å². The maximum Gasteiger partial charge on any atom is 0.459 e. The van der Waals surface area contributed by atoms with Gasteiger partial charge in [-0.05, 0) is 26.0 Å². The van der Waals surface area contributed by atoms with Gasteiger partial charge in [-0.1, -0.05) is 18.2 Å². The number of halogens is 1. The van der Waals surface area contributed by atoms with Crippen molar-refractivity contribution >= 4 is 36.6 Å². The van der Waals surface area contributed by atoms with Gasteiger partial charge in [0.1, 0.15) is 24.0 Å². The molecule has 1 saturated heterocycles. The molecule has 0 bridgehead atoms. The van der Waals surface area contributed by atoms with E-state index >= 15 is 4.39 Å². The molecule has 3 aromatic rings. The van der Waals surface area contributed by atoms with E-state index in [2.05, 4.69) is 25.4 Å². The van der Waals surface area contributed by atoms with Crippen molar-refractivity contribution < 1.29 is 37.7 Å². The number of aliphatic hydroxyl groups is 1. The molecule has 0 unspecified atom stereocenters. The normalized spacial score (nSPS) is 26.0. The van der Waals surface area contributed by atoms with Crippen LogP contribution in [0, 0.1) is 0 Å². The number of fused-ring (bicyclic) bond motifs is 1. The van der Waals surface area contributed by atoms with Crippen molar-refractivity contribution in [1.29, 1.82) is 0 Å². The zero-order chi connectivity index (χ0) is 27.0. The van der Waals surface area contributed by atoms with E-state index in [0.717, 1.165) is 6.92 Å². The first-order valence-corrected chi connectivity index (χ1v) is 12.7. The molecule has 4 rings (SSSR count). The second kappa shape index (κ2) is 10.2. The smallest absolute Gasteiger partial charge is 0.459 e. The van der Waals surface area contributed by atoms with Gasteiger partial charge in [0.15, 0.2) is 28.9 Å². The van der Waals surface area contributed by atoms with Crippen molar-refractivity contribution in [3.63, 3.8) is 0 Å². The molecule has 1 aliphatic rings. The number of carboxylic acids is 1. The zero-order valence-electron chi connectivity index (χ0n) is 20.1. The van der Waals surface area contributed by atoms with Crippen molar-refractivity contribution in [3.8, 4) is 5.75 Å². The molecule has 1 aliphatic heterocycles. The Morgan fingerprint density at radius 1 is 1.38 bits per heavy atom. The molecule has 37 heavy (non-hydrogen) atoms. The second-order valence-electron chi connectivity index (χ2n) is 8.51. The monoisotopic (exact) mass is 539 g/mol. The number of ether oxygens (including phenoxy) is 1. The fourth-order valence-electron chi connectivity index (χ4n) is 3.80. The number of imidazole rings is 1. The highest BCUT2D eigenvalue weighted by Crippen LogP contribution is 2.48. The van der Waals surface area contributed by atoms with E-state index in [1.165, 1.54) is 30.0 Å².